The van der Waals surface area contributed by atoms with E-state index in [0.29, 0.717) is 14.5 Å². The van der Waals surface area contributed by atoms with Crippen LogP contribution in [0, 0.1) is 0 Å². The van der Waals surface area contributed by atoms with Gasteiger partial charge in [0, 0.05) is 0 Å². The van der Waals surface area contributed by atoms with Crippen LogP contribution in [0.2, 0.25) is 0 Å². The molecule has 3 aromatic heterocycles. The first kappa shape index (κ1) is 15.0. The number of rotatable bonds is 2. The molecular formula is C18H21N3OSe. The number of hydrogen-bond donors (Lipinski definition) is 1. The van der Waals surface area contributed by atoms with E-state index in [1.165, 1.54) is 34.6 Å². The Morgan fingerprint density at radius 3 is 2.74 bits per heavy atom. The van der Waals surface area contributed by atoms with E-state index in [1.54, 1.807) is 10.8 Å². The van der Waals surface area contributed by atoms with Gasteiger partial charge in [0.05, 0.1) is 0 Å². The van der Waals surface area contributed by atoms with Crippen molar-refractivity contribution >= 4 is 36.0 Å². The second-order valence-electron chi connectivity index (χ2n) is 7.15. The van der Waals surface area contributed by atoms with Crippen molar-refractivity contribution in [3.05, 3.63) is 34.2 Å². The first-order chi connectivity index (χ1) is 11.0. The molecule has 1 aliphatic rings. The van der Waals surface area contributed by atoms with Crippen molar-refractivity contribution in [1.82, 2.24) is 9.97 Å². The number of hydrogen-bond acceptors (Lipinski definition) is 4. The van der Waals surface area contributed by atoms with Crippen molar-refractivity contribution < 1.29 is 4.42 Å². The van der Waals surface area contributed by atoms with Crippen molar-refractivity contribution in [3.8, 4) is 0 Å². The molecule has 3 aromatic rings. The molecule has 4 nitrogen and oxygen atoms in total. The van der Waals surface area contributed by atoms with Gasteiger partial charge in [-0.15, -0.1) is 0 Å². The molecule has 1 N–H and O–H groups in total. The molecule has 4 rings (SSSR count). The SMILES string of the molecule is CC(C)(C)c1ccc(Nc2ncnc3[se]c4c(c23)CCCC4)o1. The normalized spacial score (nSPS) is 14.9. The van der Waals surface area contributed by atoms with Crippen LogP contribution in [-0.2, 0) is 18.3 Å². The number of aromatic nitrogens is 2. The van der Waals surface area contributed by atoms with Gasteiger partial charge in [0.15, 0.2) is 0 Å². The monoisotopic (exact) mass is 375 g/mol. The third kappa shape index (κ3) is 2.73. The van der Waals surface area contributed by atoms with E-state index in [-0.39, 0.29) is 5.41 Å². The molecule has 0 aromatic carbocycles. The molecule has 0 spiro atoms. The van der Waals surface area contributed by atoms with Crippen LogP contribution in [0.4, 0.5) is 11.7 Å². The molecule has 0 atom stereocenters. The fraction of sp³-hybridized carbons (Fsp3) is 0.444. The van der Waals surface area contributed by atoms with E-state index in [4.69, 9.17) is 4.42 Å². The van der Waals surface area contributed by atoms with Gasteiger partial charge in [-0.25, -0.2) is 0 Å². The van der Waals surface area contributed by atoms with Gasteiger partial charge in [-0.05, 0) is 0 Å². The van der Waals surface area contributed by atoms with Crippen LogP contribution in [0.15, 0.2) is 22.9 Å². The van der Waals surface area contributed by atoms with Crippen LogP contribution in [0.25, 0.3) is 9.78 Å². The Balaban J connectivity index is 1.74. The van der Waals surface area contributed by atoms with Gasteiger partial charge in [0.1, 0.15) is 0 Å². The molecule has 23 heavy (non-hydrogen) atoms. The summed E-state index contributed by atoms with van der Waals surface area (Å²) in [7, 11) is 0. The van der Waals surface area contributed by atoms with Gasteiger partial charge in [-0.1, -0.05) is 0 Å². The summed E-state index contributed by atoms with van der Waals surface area (Å²) < 4.78 is 8.81. The van der Waals surface area contributed by atoms with E-state index >= 15 is 0 Å². The van der Waals surface area contributed by atoms with Crippen molar-refractivity contribution in [2.45, 2.75) is 51.9 Å². The summed E-state index contributed by atoms with van der Waals surface area (Å²) in [6.45, 7) is 6.46. The van der Waals surface area contributed by atoms with Crippen molar-refractivity contribution in [2.75, 3.05) is 5.32 Å². The Kier molecular flexibility index (Phi) is 3.58. The summed E-state index contributed by atoms with van der Waals surface area (Å²) in [5.41, 5.74) is 1.51. The van der Waals surface area contributed by atoms with Gasteiger partial charge in [-0.3, -0.25) is 0 Å². The standard InChI is InChI=1S/C18H21N3OSe/c1-18(2,3)13-8-9-14(22-13)21-16-15-11-6-4-5-7-12(11)23-17(15)20-10-19-16/h8-10H,4-7H2,1-3H3,(H,19,20,21). The molecule has 0 bridgehead atoms. The van der Waals surface area contributed by atoms with E-state index in [0.717, 1.165) is 23.9 Å². The van der Waals surface area contributed by atoms with E-state index < -0.39 is 0 Å². The van der Waals surface area contributed by atoms with Crippen LogP contribution in [0.1, 0.15) is 49.4 Å². The first-order valence-corrected chi connectivity index (χ1v) is 9.86. The van der Waals surface area contributed by atoms with Gasteiger partial charge < -0.3 is 0 Å². The summed E-state index contributed by atoms with van der Waals surface area (Å²) >= 11 is 0.379. The third-order valence-electron chi connectivity index (χ3n) is 4.34. The van der Waals surface area contributed by atoms with Gasteiger partial charge in [-0.2, -0.15) is 0 Å². The number of fused-ring (bicyclic) bond motifs is 3. The van der Waals surface area contributed by atoms with E-state index in [9.17, 15) is 0 Å². The molecule has 1 aliphatic carbocycles. The summed E-state index contributed by atoms with van der Waals surface area (Å²) in [5, 5.41) is 4.63. The van der Waals surface area contributed by atoms with Gasteiger partial charge >= 0.3 is 142 Å². The number of nitrogens with zero attached hydrogens (tertiary/aromatic N) is 2. The molecule has 120 valence electrons. The van der Waals surface area contributed by atoms with Crippen LogP contribution >= 0.6 is 0 Å². The summed E-state index contributed by atoms with van der Waals surface area (Å²) in [6.07, 6.45) is 6.67. The first-order valence-electron chi connectivity index (χ1n) is 8.15. The second kappa shape index (κ2) is 5.50. The third-order valence-corrected chi connectivity index (χ3v) is 6.86. The second-order valence-corrected chi connectivity index (χ2v) is 9.43. The number of furan rings is 1. The molecule has 0 unspecified atom stereocenters. The summed E-state index contributed by atoms with van der Waals surface area (Å²) in [5.74, 6) is 2.64. The number of nitrogens with one attached hydrogen (secondary N) is 1. The quantitative estimate of drug-likeness (QED) is 0.683. The van der Waals surface area contributed by atoms with Crippen LogP contribution in [0.3, 0.4) is 0 Å². The number of anilines is 2. The maximum atomic E-state index is 5.97. The Morgan fingerprint density at radius 1 is 1.13 bits per heavy atom. The van der Waals surface area contributed by atoms with Crippen LogP contribution in [0.5, 0.6) is 0 Å². The molecule has 0 fully saturated rings. The predicted molar refractivity (Wildman–Crippen MR) is 93.8 cm³/mol. The zero-order valence-electron chi connectivity index (χ0n) is 13.8. The van der Waals surface area contributed by atoms with Crippen LogP contribution in [-0.4, -0.2) is 24.5 Å². The fourth-order valence-electron chi connectivity index (χ4n) is 3.11. The molecular weight excluding hydrogens is 353 g/mol. The van der Waals surface area contributed by atoms with E-state index in [1.807, 2.05) is 12.1 Å². The van der Waals surface area contributed by atoms with Crippen molar-refractivity contribution in [2.24, 2.45) is 0 Å². The Hall–Kier alpha value is -1.58. The maximum absolute atomic E-state index is 5.97. The molecule has 5 heteroatoms. The molecule has 0 saturated carbocycles. The van der Waals surface area contributed by atoms with E-state index in [2.05, 4.69) is 36.1 Å². The average Bonchev–Trinajstić information content (AvgIpc) is 3.11. The molecule has 0 aliphatic heterocycles. The summed E-state index contributed by atoms with van der Waals surface area (Å²) in [4.78, 5) is 9.04. The fourth-order valence-corrected chi connectivity index (χ4v) is 5.69. The number of aryl methyl sites for hydroxylation is 2. The minimum absolute atomic E-state index is 0.00965. The zero-order valence-corrected chi connectivity index (χ0v) is 15.5. The zero-order chi connectivity index (χ0) is 16.0. The molecule has 0 radical (unpaired) electrons. The Bertz CT molecular complexity index is 857. The Morgan fingerprint density at radius 2 is 1.96 bits per heavy atom. The Labute approximate surface area is 142 Å². The molecule has 3 heterocycles. The predicted octanol–water partition coefficient (Wildman–Crippen LogP) is 4.20. The van der Waals surface area contributed by atoms with Crippen LogP contribution < -0.4 is 5.32 Å². The van der Waals surface area contributed by atoms with Gasteiger partial charge in [0.2, 0.25) is 0 Å². The topological polar surface area (TPSA) is 51.0 Å². The summed E-state index contributed by atoms with van der Waals surface area (Å²) in [6, 6.07) is 4.03. The van der Waals surface area contributed by atoms with Crippen molar-refractivity contribution in [3.63, 3.8) is 0 Å². The van der Waals surface area contributed by atoms with Crippen molar-refractivity contribution in [1.29, 1.82) is 0 Å². The molecule has 0 saturated heterocycles. The molecule has 0 amide bonds. The minimum atomic E-state index is 0.00965. The van der Waals surface area contributed by atoms with Gasteiger partial charge in [0.25, 0.3) is 0 Å². The average molecular weight is 374 g/mol.